The van der Waals surface area contributed by atoms with Crippen molar-refractivity contribution in [3.63, 3.8) is 0 Å². The number of hydrogen-bond donors (Lipinski definition) is 1. The summed E-state index contributed by atoms with van der Waals surface area (Å²) in [7, 11) is -4.16. The Morgan fingerprint density at radius 2 is 1.54 bits per heavy atom. The number of aryl methyl sites for hydroxylation is 3. The Morgan fingerprint density at radius 1 is 0.902 bits per heavy atom. The lowest BCUT2D eigenvalue weighted by molar-refractivity contribution is -0.141. The summed E-state index contributed by atoms with van der Waals surface area (Å²) in [5.41, 5.74) is 3.58. The van der Waals surface area contributed by atoms with Crippen LogP contribution < -0.4 is 9.62 Å². The highest BCUT2D eigenvalue weighted by Crippen LogP contribution is 2.27. The van der Waals surface area contributed by atoms with Gasteiger partial charge in [0.05, 0.1) is 10.6 Å². The van der Waals surface area contributed by atoms with Gasteiger partial charge in [0.25, 0.3) is 10.0 Å². The maximum Gasteiger partial charge on any atom is 0.264 e. The highest BCUT2D eigenvalue weighted by molar-refractivity contribution is 7.92. The topological polar surface area (TPSA) is 86.8 Å². The van der Waals surface area contributed by atoms with E-state index in [0.29, 0.717) is 17.1 Å². The lowest BCUT2D eigenvalue weighted by atomic mass is 10.0. The van der Waals surface area contributed by atoms with Crippen LogP contribution in [0.15, 0.2) is 71.6 Å². The van der Waals surface area contributed by atoms with Gasteiger partial charge in [0.15, 0.2) is 0 Å². The van der Waals surface area contributed by atoms with Gasteiger partial charge in [-0.2, -0.15) is 0 Å². The summed E-state index contributed by atoms with van der Waals surface area (Å²) >= 11 is 6.03. The van der Waals surface area contributed by atoms with E-state index in [1.807, 2.05) is 78.8 Å². The molecule has 0 saturated carbocycles. The molecule has 0 aliphatic carbocycles. The monoisotopic (exact) mass is 597 g/mol. The Morgan fingerprint density at radius 3 is 2.10 bits per heavy atom. The van der Waals surface area contributed by atoms with Crippen LogP contribution in [0.3, 0.4) is 0 Å². The maximum absolute atomic E-state index is 14.2. The highest BCUT2D eigenvalue weighted by atomic mass is 35.5. The molecule has 3 aromatic rings. The molecule has 3 aromatic carbocycles. The van der Waals surface area contributed by atoms with E-state index in [0.717, 1.165) is 26.6 Å². The second-order valence-corrected chi connectivity index (χ2v) is 13.6. The zero-order valence-electron chi connectivity index (χ0n) is 24.9. The first kappa shape index (κ1) is 32.2. The van der Waals surface area contributed by atoms with Crippen molar-refractivity contribution in [3.05, 3.63) is 94.0 Å². The molecule has 0 heterocycles. The largest absolute Gasteiger partial charge is 0.350 e. The molecule has 220 valence electrons. The quantitative estimate of drug-likeness (QED) is 0.302. The molecule has 7 nitrogen and oxygen atoms in total. The van der Waals surface area contributed by atoms with Crippen LogP contribution in [-0.2, 0) is 26.2 Å². The minimum atomic E-state index is -4.16. The fraction of sp³-hybridized carbons (Fsp3) is 0.375. The van der Waals surface area contributed by atoms with Crippen molar-refractivity contribution in [1.29, 1.82) is 0 Å². The van der Waals surface area contributed by atoms with Crippen molar-refractivity contribution >= 4 is 39.1 Å². The summed E-state index contributed by atoms with van der Waals surface area (Å²) in [6, 6.07) is 18.0. The van der Waals surface area contributed by atoms with Crippen LogP contribution in [-0.4, -0.2) is 43.3 Å². The molecule has 0 bridgehead atoms. The van der Waals surface area contributed by atoms with Gasteiger partial charge in [0.2, 0.25) is 11.8 Å². The molecule has 0 aromatic heterocycles. The summed E-state index contributed by atoms with van der Waals surface area (Å²) < 4.78 is 29.1. The van der Waals surface area contributed by atoms with Crippen LogP contribution in [0.25, 0.3) is 0 Å². The number of halogens is 1. The third kappa shape index (κ3) is 8.11. The van der Waals surface area contributed by atoms with Crippen molar-refractivity contribution in [3.8, 4) is 0 Å². The van der Waals surface area contributed by atoms with Gasteiger partial charge in [-0.05, 0) is 107 Å². The van der Waals surface area contributed by atoms with Gasteiger partial charge in [0.1, 0.15) is 12.6 Å². The molecule has 0 aliphatic heterocycles. The van der Waals surface area contributed by atoms with Gasteiger partial charge in [-0.15, -0.1) is 0 Å². The average Bonchev–Trinajstić information content (AvgIpc) is 2.89. The summed E-state index contributed by atoms with van der Waals surface area (Å²) in [6.45, 7) is 12.9. The standard InChI is InChI=1S/C32H40ClN3O4S/c1-8-29(31(38)34-32(5,6)7)35(20-25-12-10-9-11-23(25)3)30(37)21-36(27-16-13-22(2)24(4)19-27)41(39,40)28-17-14-26(33)15-18-28/h9-19,29H,8,20-21H2,1-7H3,(H,34,38)/t29-/m1/s1. The number of sulfonamides is 1. The van der Waals surface area contributed by atoms with E-state index in [2.05, 4.69) is 5.32 Å². The molecule has 0 spiro atoms. The van der Waals surface area contributed by atoms with Crippen LogP contribution in [0.4, 0.5) is 5.69 Å². The molecule has 1 N–H and O–H groups in total. The summed E-state index contributed by atoms with van der Waals surface area (Å²) in [4.78, 5) is 29.2. The summed E-state index contributed by atoms with van der Waals surface area (Å²) in [5.74, 6) is -0.778. The first-order chi connectivity index (χ1) is 19.1. The number of anilines is 1. The molecular formula is C32H40ClN3O4S. The van der Waals surface area contributed by atoms with Gasteiger partial charge in [-0.25, -0.2) is 8.42 Å². The van der Waals surface area contributed by atoms with Crippen molar-refractivity contribution < 1.29 is 18.0 Å². The van der Waals surface area contributed by atoms with Crippen LogP contribution >= 0.6 is 11.6 Å². The van der Waals surface area contributed by atoms with E-state index in [4.69, 9.17) is 11.6 Å². The van der Waals surface area contributed by atoms with Gasteiger partial charge >= 0.3 is 0 Å². The first-order valence-corrected chi connectivity index (χ1v) is 15.5. The van der Waals surface area contributed by atoms with E-state index < -0.39 is 34.1 Å². The first-order valence-electron chi connectivity index (χ1n) is 13.7. The predicted molar refractivity (Wildman–Crippen MR) is 166 cm³/mol. The Hall–Kier alpha value is -3.36. The number of benzene rings is 3. The molecule has 1 atom stereocenters. The van der Waals surface area contributed by atoms with Gasteiger partial charge in [-0.3, -0.25) is 13.9 Å². The zero-order valence-corrected chi connectivity index (χ0v) is 26.4. The van der Waals surface area contributed by atoms with E-state index in [9.17, 15) is 18.0 Å². The third-order valence-electron chi connectivity index (χ3n) is 6.95. The molecular weight excluding hydrogens is 558 g/mol. The maximum atomic E-state index is 14.2. The molecule has 0 radical (unpaired) electrons. The van der Waals surface area contributed by atoms with E-state index in [1.54, 1.807) is 12.1 Å². The van der Waals surface area contributed by atoms with Gasteiger partial charge in [-0.1, -0.05) is 48.9 Å². The van der Waals surface area contributed by atoms with Crippen molar-refractivity contribution in [2.45, 2.75) is 77.9 Å². The summed E-state index contributed by atoms with van der Waals surface area (Å²) in [5, 5.41) is 3.39. The van der Waals surface area contributed by atoms with E-state index in [-0.39, 0.29) is 17.3 Å². The zero-order chi connectivity index (χ0) is 30.5. The number of hydrogen-bond acceptors (Lipinski definition) is 4. The van der Waals surface area contributed by atoms with Crippen LogP contribution in [0, 0.1) is 20.8 Å². The molecule has 0 unspecified atom stereocenters. The third-order valence-corrected chi connectivity index (χ3v) is 8.99. The minimum absolute atomic E-state index is 0.0101. The molecule has 9 heteroatoms. The predicted octanol–water partition coefficient (Wildman–Crippen LogP) is 6.18. The second-order valence-electron chi connectivity index (χ2n) is 11.3. The van der Waals surface area contributed by atoms with Crippen molar-refractivity contribution in [1.82, 2.24) is 10.2 Å². The smallest absolute Gasteiger partial charge is 0.264 e. The number of carbonyl (C=O) groups is 2. The fourth-order valence-electron chi connectivity index (χ4n) is 4.49. The number of nitrogens with zero attached hydrogens (tertiary/aromatic N) is 2. The molecule has 0 fully saturated rings. The normalized spacial score (nSPS) is 12.5. The van der Waals surface area contributed by atoms with Crippen molar-refractivity contribution in [2.24, 2.45) is 0 Å². The molecule has 41 heavy (non-hydrogen) atoms. The minimum Gasteiger partial charge on any atom is -0.350 e. The second kappa shape index (κ2) is 13.1. The number of rotatable bonds is 10. The number of nitrogens with one attached hydrogen (secondary N) is 1. The highest BCUT2D eigenvalue weighted by Gasteiger charge is 2.34. The molecule has 2 amide bonds. The Labute approximate surface area is 249 Å². The van der Waals surface area contributed by atoms with Gasteiger partial charge in [0, 0.05) is 17.1 Å². The number of carbonyl (C=O) groups excluding carboxylic acids is 2. The average molecular weight is 598 g/mol. The van der Waals surface area contributed by atoms with Crippen LogP contribution in [0.1, 0.15) is 56.4 Å². The molecule has 3 rings (SSSR count). The van der Waals surface area contributed by atoms with Crippen LogP contribution in [0.5, 0.6) is 0 Å². The van der Waals surface area contributed by atoms with Crippen molar-refractivity contribution in [2.75, 3.05) is 10.8 Å². The lowest BCUT2D eigenvalue weighted by Gasteiger charge is -2.35. The Kier molecular flexibility index (Phi) is 10.3. The van der Waals surface area contributed by atoms with Crippen LogP contribution in [0.2, 0.25) is 5.02 Å². The van der Waals surface area contributed by atoms with E-state index in [1.165, 1.54) is 29.2 Å². The Bertz CT molecular complexity index is 1500. The summed E-state index contributed by atoms with van der Waals surface area (Å²) in [6.07, 6.45) is 0.354. The van der Waals surface area contributed by atoms with Gasteiger partial charge < -0.3 is 10.2 Å². The fourth-order valence-corrected chi connectivity index (χ4v) is 6.02. The lowest BCUT2D eigenvalue weighted by Crippen LogP contribution is -2.55. The SMILES string of the molecule is CC[C@H](C(=O)NC(C)(C)C)N(Cc1ccccc1C)C(=O)CN(c1ccc(C)c(C)c1)S(=O)(=O)c1ccc(Cl)cc1. The molecule has 0 aliphatic rings. The molecule has 0 saturated heterocycles. The number of amides is 2. The van der Waals surface area contributed by atoms with E-state index >= 15 is 0 Å². The Balaban J connectivity index is 2.11.